The topological polar surface area (TPSA) is 46.6 Å². The van der Waals surface area contributed by atoms with Gasteiger partial charge in [-0.05, 0) is 62.5 Å². The second-order valence-electron chi connectivity index (χ2n) is 6.52. The van der Waals surface area contributed by atoms with Crippen LogP contribution in [0.3, 0.4) is 0 Å². The third kappa shape index (κ3) is 4.90. The molecular formula is C17H20F3N2NaO2. The second kappa shape index (κ2) is 8.29. The minimum atomic E-state index is -4.58. The number of carbonyl (C=O) groups is 1. The Kier molecular flexibility index (Phi) is 6.81. The zero-order chi connectivity index (χ0) is 17.3. The van der Waals surface area contributed by atoms with E-state index in [9.17, 15) is 23.1 Å². The average molecular weight is 364 g/mol. The molecule has 1 aromatic rings. The van der Waals surface area contributed by atoms with Crippen molar-refractivity contribution in [2.24, 2.45) is 0 Å². The number of carbonyl (C=O) groups excluding carboxylic acids is 1. The zero-order valence-electron chi connectivity index (χ0n) is 14.3. The monoisotopic (exact) mass is 364 g/mol. The molecule has 2 saturated heterocycles. The van der Waals surface area contributed by atoms with Crippen molar-refractivity contribution in [3.05, 3.63) is 29.3 Å². The normalized spacial score (nSPS) is 19.7. The molecule has 0 aliphatic carbocycles. The fraction of sp³-hybridized carbons (Fsp3) is 0.588. The Morgan fingerprint density at radius 3 is 2.16 bits per heavy atom. The van der Waals surface area contributed by atoms with Gasteiger partial charge in [-0.2, -0.15) is 13.2 Å². The average Bonchev–Trinajstić information content (AvgIpc) is 3.08. The van der Waals surface area contributed by atoms with Crippen molar-refractivity contribution < 1.29 is 52.6 Å². The van der Waals surface area contributed by atoms with Gasteiger partial charge in [0.05, 0.1) is 11.5 Å². The third-order valence-electron chi connectivity index (χ3n) is 4.97. The molecule has 0 amide bonds. The van der Waals surface area contributed by atoms with Gasteiger partial charge in [0.1, 0.15) is 0 Å². The van der Waals surface area contributed by atoms with Crippen LogP contribution in [0.2, 0.25) is 0 Å². The van der Waals surface area contributed by atoms with Gasteiger partial charge in [0.25, 0.3) is 0 Å². The van der Waals surface area contributed by atoms with Crippen LogP contribution in [-0.2, 0) is 6.18 Å². The first-order chi connectivity index (χ1) is 11.3. The standard InChI is InChI=1S/C17H21F3N2O2.Na/c18-17(19,20)13-9-12(16(23)24)10-15(11-13)22-7-3-14(4-8-22)21-5-1-2-6-21;/h9-11,14H,1-8H2,(H,23,24);/q;+1/p-1. The van der Waals surface area contributed by atoms with Crippen molar-refractivity contribution in [2.45, 2.75) is 37.9 Å². The summed E-state index contributed by atoms with van der Waals surface area (Å²) in [6.07, 6.45) is -0.381. The van der Waals surface area contributed by atoms with Crippen molar-refractivity contribution in [2.75, 3.05) is 31.1 Å². The van der Waals surface area contributed by atoms with E-state index in [2.05, 4.69) is 4.90 Å². The number of hydrogen-bond acceptors (Lipinski definition) is 4. The van der Waals surface area contributed by atoms with E-state index in [0.29, 0.717) is 30.9 Å². The van der Waals surface area contributed by atoms with Crippen molar-refractivity contribution >= 4 is 11.7 Å². The number of piperidine rings is 1. The van der Waals surface area contributed by atoms with Crippen LogP contribution in [0.5, 0.6) is 0 Å². The molecule has 132 valence electrons. The van der Waals surface area contributed by atoms with E-state index >= 15 is 0 Å². The molecule has 2 aliphatic heterocycles. The molecule has 0 atom stereocenters. The van der Waals surface area contributed by atoms with Gasteiger partial charge in [-0.15, -0.1) is 0 Å². The van der Waals surface area contributed by atoms with E-state index in [1.54, 1.807) is 0 Å². The van der Waals surface area contributed by atoms with E-state index < -0.39 is 23.3 Å². The maximum atomic E-state index is 13.0. The third-order valence-corrected chi connectivity index (χ3v) is 4.97. The number of rotatable bonds is 3. The number of halogens is 3. The molecule has 2 fully saturated rings. The summed E-state index contributed by atoms with van der Waals surface area (Å²) in [7, 11) is 0. The SMILES string of the molecule is O=C([O-])c1cc(N2CCC(N3CCCC3)CC2)cc(C(F)(F)F)c1.[Na+]. The summed E-state index contributed by atoms with van der Waals surface area (Å²) in [5, 5.41) is 11.0. The molecule has 0 aromatic heterocycles. The van der Waals surface area contributed by atoms with Gasteiger partial charge < -0.3 is 19.7 Å². The van der Waals surface area contributed by atoms with Gasteiger partial charge in [0.15, 0.2) is 0 Å². The van der Waals surface area contributed by atoms with Gasteiger partial charge in [-0.3, -0.25) is 0 Å². The Balaban J connectivity index is 0.00000225. The molecule has 3 rings (SSSR count). The summed E-state index contributed by atoms with van der Waals surface area (Å²) in [6, 6.07) is 3.43. The Morgan fingerprint density at radius 1 is 1.04 bits per heavy atom. The Labute approximate surface area is 167 Å². The number of alkyl halides is 3. The molecule has 0 bridgehead atoms. The van der Waals surface area contributed by atoms with E-state index in [1.807, 2.05) is 4.90 Å². The van der Waals surface area contributed by atoms with Gasteiger partial charge in [0.2, 0.25) is 0 Å². The fourth-order valence-corrected chi connectivity index (χ4v) is 3.67. The molecule has 0 unspecified atom stereocenters. The number of benzene rings is 1. The van der Waals surface area contributed by atoms with E-state index in [4.69, 9.17) is 0 Å². The number of likely N-dealkylation sites (tertiary alicyclic amines) is 1. The molecule has 0 N–H and O–H groups in total. The first-order valence-corrected chi connectivity index (χ1v) is 8.27. The Morgan fingerprint density at radius 2 is 1.64 bits per heavy atom. The van der Waals surface area contributed by atoms with Gasteiger partial charge >= 0.3 is 35.7 Å². The Bertz CT molecular complexity index is 610. The van der Waals surface area contributed by atoms with Crippen molar-refractivity contribution in [1.29, 1.82) is 0 Å². The first kappa shape index (κ1) is 20.6. The van der Waals surface area contributed by atoms with Crippen molar-refractivity contribution in [3.8, 4) is 0 Å². The van der Waals surface area contributed by atoms with Crippen molar-refractivity contribution in [3.63, 3.8) is 0 Å². The van der Waals surface area contributed by atoms with Crippen LogP contribution < -0.4 is 39.6 Å². The summed E-state index contributed by atoms with van der Waals surface area (Å²) in [5.41, 5.74) is -1.06. The summed E-state index contributed by atoms with van der Waals surface area (Å²) < 4.78 is 39.0. The molecule has 2 heterocycles. The minimum Gasteiger partial charge on any atom is -0.545 e. The van der Waals surface area contributed by atoms with Gasteiger partial charge in [0, 0.05) is 24.8 Å². The molecule has 8 heteroatoms. The van der Waals surface area contributed by atoms with Crippen molar-refractivity contribution in [1.82, 2.24) is 4.90 Å². The smallest absolute Gasteiger partial charge is 0.545 e. The molecular weight excluding hydrogens is 344 g/mol. The van der Waals surface area contributed by atoms with E-state index in [1.165, 1.54) is 18.9 Å². The minimum absolute atomic E-state index is 0. The molecule has 25 heavy (non-hydrogen) atoms. The summed E-state index contributed by atoms with van der Waals surface area (Å²) in [5.74, 6) is -1.59. The van der Waals surface area contributed by atoms with Crippen LogP contribution in [0.4, 0.5) is 18.9 Å². The van der Waals surface area contributed by atoms with E-state index in [-0.39, 0.29) is 29.6 Å². The van der Waals surface area contributed by atoms with E-state index in [0.717, 1.165) is 32.0 Å². The van der Waals surface area contributed by atoms with Crippen LogP contribution in [0.15, 0.2) is 18.2 Å². The van der Waals surface area contributed by atoms with Crippen LogP contribution in [0.1, 0.15) is 41.6 Å². The summed E-state index contributed by atoms with van der Waals surface area (Å²) in [6.45, 7) is 3.47. The number of carboxylic acids is 1. The molecule has 0 spiro atoms. The van der Waals surface area contributed by atoms with Crippen LogP contribution >= 0.6 is 0 Å². The molecule has 4 nitrogen and oxygen atoms in total. The number of hydrogen-bond donors (Lipinski definition) is 0. The number of nitrogens with zero attached hydrogens (tertiary/aromatic N) is 2. The van der Waals surface area contributed by atoms with Crippen LogP contribution in [0.25, 0.3) is 0 Å². The second-order valence-corrected chi connectivity index (χ2v) is 6.52. The number of carboxylic acid groups (broad SMARTS) is 1. The van der Waals surface area contributed by atoms with Gasteiger partial charge in [-0.1, -0.05) is 0 Å². The predicted molar refractivity (Wildman–Crippen MR) is 81.8 cm³/mol. The molecule has 1 aromatic carbocycles. The molecule has 0 saturated carbocycles. The largest absolute Gasteiger partial charge is 1.00 e. The number of anilines is 1. The Hall–Kier alpha value is -0.760. The predicted octanol–water partition coefficient (Wildman–Crippen LogP) is -0.862. The summed E-state index contributed by atoms with van der Waals surface area (Å²) in [4.78, 5) is 15.3. The summed E-state index contributed by atoms with van der Waals surface area (Å²) >= 11 is 0. The zero-order valence-corrected chi connectivity index (χ0v) is 16.3. The van der Waals surface area contributed by atoms with Crippen LogP contribution in [0, 0.1) is 0 Å². The first-order valence-electron chi connectivity index (χ1n) is 8.27. The van der Waals surface area contributed by atoms with Gasteiger partial charge in [-0.25, -0.2) is 0 Å². The maximum Gasteiger partial charge on any atom is 1.00 e. The van der Waals surface area contributed by atoms with Crippen LogP contribution in [-0.4, -0.2) is 43.1 Å². The molecule has 2 aliphatic rings. The quantitative estimate of drug-likeness (QED) is 0.655. The molecule has 0 radical (unpaired) electrons. The maximum absolute atomic E-state index is 13.0. The number of aromatic carboxylic acids is 1. The fourth-order valence-electron chi connectivity index (χ4n) is 3.67.